The van der Waals surface area contributed by atoms with Crippen molar-refractivity contribution in [3.63, 3.8) is 0 Å². The maximum Gasteiger partial charge on any atom is 0.318 e. The van der Waals surface area contributed by atoms with E-state index in [-0.39, 0.29) is 18.2 Å². The molecule has 1 saturated carbocycles. The minimum absolute atomic E-state index is 0.0321. The molecule has 1 aliphatic heterocycles. The van der Waals surface area contributed by atoms with Gasteiger partial charge in [-0.1, -0.05) is 0 Å². The number of urea groups is 1. The lowest BCUT2D eigenvalue weighted by molar-refractivity contribution is -0.0267. The highest BCUT2D eigenvalue weighted by Gasteiger charge is 2.36. The fourth-order valence-electron chi connectivity index (χ4n) is 3.06. The molecular weight excluding hydrogens is 326 g/mol. The molecule has 2 aromatic rings. The number of hydrogen-bond donors (Lipinski definition) is 1. The highest BCUT2D eigenvalue weighted by molar-refractivity contribution is 7.09. The zero-order chi connectivity index (χ0) is 16.5. The van der Waals surface area contributed by atoms with E-state index in [0.29, 0.717) is 25.6 Å². The SMILES string of the molecule is Cc1ccc([C@@H]2CN(C(=O)N[C@H](c3nccs3)C3CC3)CCO2)o1. The number of hydrogen-bond acceptors (Lipinski definition) is 5. The minimum Gasteiger partial charge on any atom is -0.464 e. The van der Waals surface area contributed by atoms with Crippen LogP contribution in [0.25, 0.3) is 0 Å². The smallest absolute Gasteiger partial charge is 0.318 e. The van der Waals surface area contributed by atoms with Crippen LogP contribution in [0.4, 0.5) is 4.79 Å². The zero-order valence-corrected chi connectivity index (χ0v) is 14.4. The summed E-state index contributed by atoms with van der Waals surface area (Å²) in [5.41, 5.74) is 0. The molecule has 0 radical (unpaired) electrons. The molecular formula is C17H21N3O3S. The highest BCUT2D eigenvalue weighted by atomic mass is 32.1. The number of thiazole rings is 1. The first kappa shape index (κ1) is 15.7. The number of ether oxygens (including phenoxy) is 1. The molecule has 1 aliphatic carbocycles. The predicted molar refractivity (Wildman–Crippen MR) is 89.8 cm³/mol. The van der Waals surface area contributed by atoms with Gasteiger partial charge in [-0.25, -0.2) is 9.78 Å². The third kappa shape index (κ3) is 3.32. The van der Waals surface area contributed by atoms with Gasteiger partial charge in [0.15, 0.2) is 0 Å². The van der Waals surface area contributed by atoms with Crippen LogP contribution in [0.1, 0.15) is 41.5 Å². The Balaban J connectivity index is 1.42. The van der Waals surface area contributed by atoms with Crippen molar-refractivity contribution in [1.29, 1.82) is 0 Å². The van der Waals surface area contributed by atoms with E-state index in [0.717, 1.165) is 29.4 Å². The largest absolute Gasteiger partial charge is 0.464 e. The maximum absolute atomic E-state index is 12.7. The van der Waals surface area contributed by atoms with E-state index in [1.165, 1.54) is 0 Å². The van der Waals surface area contributed by atoms with Gasteiger partial charge in [0, 0.05) is 18.1 Å². The van der Waals surface area contributed by atoms with Crippen LogP contribution in [-0.4, -0.2) is 35.6 Å². The Kier molecular flexibility index (Phi) is 4.28. The summed E-state index contributed by atoms with van der Waals surface area (Å²) < 4.78 is 11.4. The lowest BCUT2D eigenvalue weighted by Gasteiger charge is -2.33. The second-order valence-corrected chi connectivity index (χ2v) is 7.31. The Morgan fingerprint density at radius 3 is 3.00 bits per heavy atom. The van der Waals surface area contributed by atoms with Gasteiger partial charge in [-0.3, -0.25) is 0 Å². The van der Waals surface area contributed by atoms with Gasteiger partial charge in [-0.15, -0.1) is 11.3 Å². The third-order valence-corrected chi connectivity index (χ3v) is 5.38. The molecule has 0 aromatic carbocycles. The number of carbonyl (C=O) groups is 1. The first-order valence-corrected chi connectivity index (χ1v) is 9.21. The Morgan fingerprint density at radius 2 is 2.33 bits per heavy atom. The summed E-state index contributed by atoms with van der Waals surface area (Å²) in [5, 5.41) is 6.13. The Morgan fingerprint density at radius 1 is 1.46 bits per heavy atom. The zero-order valence-electron chi connectivity index (χ0n) is 13.6. The highest BCUT2D eigenvalue weighted by Crippen LogP contribution is 2.41. The van der Waals surface area contributed by atoms with Crippen molar-refractivity contribution in [3.8, 4) is 0 Å². The van der Waals surface area contributed by atoms with Gasteiger partial charge in [0.05, 0.1) is 19.2 Å². The third-order valence-electron chi connectivity index (χ3n) is 4.52. The van der Waals surface area contributed by atoms with Gasteiger partial charge < -0.3 is 19.4 Å². The van der Waals surface area contributed by atoms with Crippen molar-refractivity contribution in [2.24, 2.45) is 5.92 Å². The van der Waals surface area contributed by atoms with Gasteiger partial charge in [0.25, 0.3) is 0 Å². The van der Waals surface area contributed by atoms with Gasteiger partial charge in [-0.2, -0.15) is 0 Å². The molecule has 3 heterocycles. The van der Waals surface area contributed by atoms with Crippen LogP contribution in [0.2, 0.25) is 0 Å². The number of nitrogens with zero attached hydrogens (tertiary/aromatic N) is 2. The molecule has 4 rings (SSSR count). The van der Waals surface area contributed by atoms with Crippen molar-refractivity contribution >= 4 is 17.4 Å². The van der Waals surface area contributed by atoms with E-state index >= 15 is 0 Å². The molecule has 24 heavy (non-hydrogen) atoms. The van der Waals surface area contributed by atoms with E-state index in [1.54, 1.807) is 17.5 Å². The first-order valence-electron chi connectivity index (χ1n) is 8.33. The van der Waals surface area contributed by atoms with Crippen LogP contribution in [0, 0.1) is 12.8 Å². The Labute approximate surface area is 144 Å². The number of amides is 2. The molecule has 2 atom stereocenters. The monoisotopic (exact) mass is 347 g/mol. The van der Waals surface area contributed by atoms with E-state index < -0.39 is 0 Å². The molecule has 7 heteroatoms. The van der Waals surface area contributed by atoms with Crippen LogP contribution in [0.5, 0.6) is 0 Å². The molecule has 6 nitrogen and oxygen atoms in total. The van der Waals surface area contributed by atoms with Crippen molar-refractivity contribution in [2.75, 3.05) is 19.7 Å². The predicted octanol–water partition coefficient (Wildman–Crippen LogP) is 3.28. The van der Waals surface area contributed by atoms with Crippen LogP contribution in [-0.2, 0) is 4.74 Å². The van der Waals surface area contributed by atoms with Gasteiger partial charge in [0.1, 0.15) is 22.6 Å². The van der Waals surface area contributed by atoms with E-state index in [4.69, 9.17) is 9.15 Å². The number of aryl methyl sites for hydroxylation is 1. The standard InChI is InChI=1S/C17H21N3O3S/c1-11-2-5-13(23-11)14-10-20(7-8-22-14)17(21)19-15(12-3-4-12)16-18-6-9-24-16/h2,5-6,9,12,14-15H,3-4,7-8,10H2,1H3,(H,19,21)/t14-,15-/m0/s1. The molecule has 128 valence electrons. The van der Waals surface area contributed by atoms with Crippen LogP contribution < -0.4 is 5.32 Å². The first-order chi connectivity index (χ1) is 11.7. The summed E-state index contributed by atoms with van der Waals surface area (Å²) >= 11 is 1.60. The summed E-state index contributed by atoms with van der Waals surface area (Å²) in [4.78, 5) is 18.9. The van der Waals surface area contributed by atoms with E-state index in [2.05, 4.69) is 10.3 Å². The van der Waals surface area contributed by atoms with Crippen LogP contribution >= 0.6 is 11.3 Å². The lowest BCUT2D eigenvalue weighted by Crippen LogP contribution is -2.48. The molecule has 2 amide bonds. The number of aromatic nitrogens is 1. The fraction of sp³-hybridized carbons (Fsp3) is 0.529. The molecule has 0 spiro atoms. The average molecular weight is 347 g/mol. The van der Waals surface area contributed by atoms with Crippen LogP contribution in [0.3, 0.4) is 0 Å². The van der Waals surface area contributed by atoms with E-state index in [9.17, 15) is 4.79 Å². The number of carbonyl (C=O) groups excluding carboxylic acids is 1. The fourth-order valence-corrected chi connectivity index (χ4v) is 3.84. The summed E-state index contributed by atoms with van der Waals surface area (Å²) in [6.45, 7) is 3.53. The second-order valence-electron chi connectivity index (χ2n) is 6.39. The topological polar surface area (TPSA) is 67.6 Å². The lowest BCUT2D eigenvalue weighted by atomic mass is 10.2. The maximum atomic E-state index is 12.7. The summed E-state index contributed by atoms with van der Waals surface area (Å²) in [6, 6.07) is 3.83. The molecule has 1 saturated heterocycles. The van der Waals surface area contributed by atoms with Crippen LogP contribution in [0.15, 0.2) is 28.1 Å². The quantitative estimate of drug-likeness (QED) is 0.922. The molecule has 0 bridgehead atoms. The number of morpholine rings is 1. The number of furan rings is 1. The van der Waals surface area contributed by atoms with E-state index in [1.807, 2.05) is 29.3 Å². The number of nitrogens with one attached hydrogen (secondary N) is 1. The number of rotatable bonds is 4. The normalized spacial score (nSPS) is 22.4. The van der Waals surface area contributed by atoms with Crippen molar-refractivity contribution in [1.82, 2.24) is 15.2 Å². The molecule has 0 unspecified atom stereocenters. The van der Waals surface area contributed by atoms with Gasteiger partial charge in [-0.05, 0) is 37.8 Å². The minimum atomic E-state index is -0.197. The Hall–Kier alpha value is -1.86. The van der Waals surface area contributed by atoms with Gasteiger partial charge >= 0.3 is 6.03 Å². The molecule has 2 aliphatic rings. The molecule has 1 N–H and O–H groups in total. The van der Waals surface area contributed by atoms with Crippen molar-refractivity contribution < 1.29 is 13.9 Å². The summed E-state index contributed by atoms with van der Waals surface area (Å²) in [7, 11) is 0. The second kappa shape index (κ2) is 6.57. The van der Waals surface area contributed by atoms with Crippen molar-refractivity contribution in [3.05, 3.63) is 40.2 Å². The van der Waals surface area contributed by atoms with Crippen molar-refractivity contribution in [2.45, 2.75) is 31.9 Å². The summed E-state index contributed by atoms with van der Waals surface area (Å²) in [5.74, 6) is 2.15. The average Bonchev–Trinajstić information content (AvgIpc) is 3.10. The Bertz CT molecular complexity index is 696. The van der Waals surface area contributed by atoms with Gasteiger partial charge in [0.2, 0.25) is 0 Å². The molecule has 2 aromatic heterocycles. The summed E-state index contributed by atoms with van der Waals surface area (Å²) in [6.07, 6.45) is 3.91. The molecule has 2 fully saturated rings.